The highest BCUT2D eigenvalue weighted by Crippen LogP contribution is 2.21. The lowest BCUT2D eigenvalue weighted by Gasteiger charge is -1.93. The van der Waals surface area contributed by atoms with Gasteiger partial charge in [0.25, 0.3) is 5.69 Å². The van der Waals surface area contributed by atoms with E-state index in [1.807, 2.05) is 6.92 Å². The minimum absolute atomic E-state index is 0.0131. The number of furan rings is 1. The monoisotopic (exact) mass is 262 g/mol. The Labute approximate surface area is 109 Å². The van der Waals surface area contributed by atoms with Gasteiger partial charge in [-0.25, -0.2) is 0 Å². The highest BCUT2D eigenvalue weighted by Gasteiger charge is 2.05. The Morgan fingerprint density at radius 1 is 1.44 bits per heavy atom. The van der Waals surface area contributed by atoms with E-state index in [1.54, 1.807) is 24.4 Å². The molecule has 5 nitrogen and oxygen atoms in total. The van der Waals surface area contributed by atoms with Gasteiger partial charge in [0, 0.05) is 23.9 Å². The molecule has 0 unspecified atom stereocenters. The summed E-state index contributed by atoms with van der Waals surface area (Å²) in [6, 6.07) is 7.90. The Balaban J connectivity index is 2.26. The van der Waals surface area contributed by atoms with Crippen molar-refractivity contribution in [2.24, 2.45) is 4.99 Å². The van der Waals surface area contributed by atoms with Crippen LogP contribution in [0.2, 0.25) is 0 Å². The molecule has 0 aliphatic carbocycles. The zero-order valence-electron chi connectivity index (χ0n) is 9.53. The minimum atomic E-state index is -0.453. The number of hydrogen-bond acceptors (Lipinski definition) is 5. The number of aliphatic imine (C=N–C) groups is 1. The number of benzene rings is 1. The van der Waals surface area contributed by atoms with Crippen molar-refractivity contribution in [2.75, 3.05) is 0 Å². The van der Waals surface area contributed by atoms with Crippen molar-refractivity contribution in [3.05, 3.63) is 51.8 Å². The lowest BCUT2D eigenvalue weighted by molar-refractivity contribution is -0.384. The van der Waals surface area contributed by atoms with Gasteiger partial charge in [-0.3, -0.25) is 15.1 Å². The molecule has 0 atom stereocenters. The van der Waals surface area contributed by atoms with Gasteiger partial charge in [0.15, 0.2) is 5.09 Å². The summed E-state index contributed by atoms with van der Waals surface area (Å²) in [6.45, 7) is 1.81. The minimum Gasteiger partial charge on any atom is -0.455 e. The molecule has 0 radical (unpaired) electrons. The first kappa shape index (κ1) is 12.4. The van der Waals surface area contributed by atoms with E-state index in [1.165, 1.54) is 12.1 Å². The summed E-state index contributed by atoms with van der Waals surface area (Å²) in [6.07, 6.45) is 1.57. The first-order valence-electron chi connectivity index (χ1n) is 5.14. The van der Waals surface area contributed by atoms with Crippen LogP contribution in [0.1, 0.15) is 11.3 Å². The maximum absolute atomic E-state index is 10.6. The second-order valence-electron chi connectivity index (χ2n) is 3.65. The van der Waals surface area contributed by atoms with Crippen LogP contribution in [0.5, 0.6) is 0 Å². The molecule has 0 fully saturated rings. The molecule has 1 aromatic heterocycles. The largest absolute Gasteiger partial charge is 0.455 e. The van der Waals surface area contributed by atoms with Crippen molar-refractivity contribution in [3.8, 4) is 0 Å². The molecule has 0 amide bonds. The Kier molecular flexibility index (Phi) is 3.47. The van der Waals surface area contributed by atoms with Crippen molar-refractivity contribution in [3.63, 3.8) is 0 Å². The highest BCUT2D eigenvalue weighted by atomic mass is 32.1. The summed E-state index contributed by atoms with van der Waals surface area (Å²) < 4.78 is 5.23. The van der Waals surface area contributed by atoms with Crippen molar-refractivity contribution < 1.29 is 9.34 Å². The molecule has 6 heteroatoms. The van der Waals surface area contributed by atoms with Gasteiger partial charge in [-0.15, -0.1) is 12.6 Å². The number of nitro groups is 1. The van der Waals surface area contributed by atoms with Crippen LogP contribution in [0, 0.1) is 17.0 Å². The summed E-state index contributed by atoms with van der Waals surface area (Å²) in [5.41, 5.74) is 1.26. The number of rotatable bonds is 3. The van der Waals surface area contributed by atoms with E-state index in [-0.39, 0.29) is 5.69 Å². The maximum atomic E-state index is 10.6. The number of non-ortho nitro benzene ring substituents is 1. The van der Waals surface area contributed by atoms with Crippen LogP contribution in [0.15, 0.2) is 44.8 Å². The van der Waals surface area contributed by atoms with Gasteiger partial charge in [-0.1, -0.05) is 6.07 Å². The van der Waals surface area contributed by atoms with E-state index in [4.69, 9.17) is 4.42 Å². The molecule has 0 bridgehead atoms. The molecular weight excluding hydrogens is 252 g/mol. The standard InChI is InChI=1S/C12H10N2O3S/c1-8-5-9(12(18)17-8)7-13-10-3-2-4-11(6-10)14(15)16/h2-7,18H,1H3. The van der Waals surface area contributed by atoms with Crippen molar-refractivity contribution >= 4 is 30.2 Å². The zero-order chi connectivity index (χ0) is 13.1. The quantitative estimate of drug-likeness (QED) is 0.398. The zero-order valence-corrected chi connectivity index (χ0v) is 10.4. The molecule has 1 aromatic carbocycles. The van der Waals surface area contributed by atoms with Crippen LogP contribution in [-0.4, -0.2) is 11.1 Å². The Bertz CT molecular complexity index is 620. The number of hydrogen-bond donors (Lipinski definition) is 1. The van der Waals surface area contributed by atoms with E-state index in [2.05, 4.69) is 17.6 Å². The molecule has 0 saturated heterocycles. The molecule has 2 aromatic rings. The summed E-state index contributed by atoms with van der Waals surface area (Å²) >= 11 is 4.15. The third-order valence-electron chi connectivity index (χ3n) is 2.26. The van der Waals surface area contributed by atoms with Crippen molar-refractivity contribution in [1.29, 1.82) is 0 Å². The highest BCUT2D eigenvalue weighted by molar-refractivity contribution is 7.80. The van der Waals surface area contributed by atoms with E-state index in [0.717, 1.165) is 11.3 Å². The van der Waals surface area contributed by atoms with Crippen LogP contribution in [0.4, 0.5) is 11.4 Å². The van der Waals surface area contributed by atoms with Gasteiger partial charge in [0.2, 0.25) is 0 Å². The average Bonchev–Trinajstić information content (AvgIpc) is 2.65. The molecule has 92 valence electrons. The van der Waals surface area contributed by atoms with Gasteiger partial charge in [-0.05, 0) is 19.1 Å². The van der Waals surface area contributed by atoms with Crippen molar-refractivity contribution in [1.82, 2.24) is 0 Å². The maximum Gasteiger partial charge on any atom is 0.271 e. The number of nitrogens with zero attached hydrogens (tertiary/aromatic N) is 2. The van der Waals surface area contributed by atoms with E-state index in [0.29, 0.717) is 10.8 Å². The number of thiol groups is 1. The summed E-state index contributed by atoms with van der Waals surface area (Å²) in [7, 11) is 0. The van der Waals surface area contributed by atoms with Crippen LogP contribution >= 0.6 is 12.6 Å². The molecule has 0 aliphatic heterocycles. The fraction of sp³-hybridized carbons (Fsp3) is 0.0833. The summed E-state index contributed by atoms with van der Waals surface area (Å²) in [4.78, 5) is 14.3. The smallest absolute Gasteiger partial charge is 0.271 e. The van der Waals surface area contributed by atoms with Crippen LogP contribution in [-0.2, 0) is 0 Å². The molecule has 1 heterocycles. The fourth-order valence-electron chi connectivity index (χ4n) is 1.45. The van der Waals surface area contributed by atoms with E-state index in [9.17, 15) is 10.1 Å². The second kappa shape index (κ2) is 5.05. The van der Waals surface area contributed by atoms with Gasteiger partial charge in [-0.2, -0.15) is 0 Å². The molecular formula is C12H10N2O3S. The Morgan fingerprint density at radius 2 is 2.22 bits per heavy atom. The van der Waals surface area contributed by atoms with Gasteiger partial charge < -0.3 is 4.42 Å². The van der Waals surface area contributed by atoms with E-state index < -0.39 is 4.92 Å². The summed E-state index contributed by atoms with van der Waals surface area (Å²) in [5, 5.41) is 11.1. The predicted octanol–water partition coefficient (Wildman–Crippen LogP) is 3.54. The van der Waals surface area contributed by atoms with Crippen molar-refractivity contribution in [2.45, 2.75) is 12.0 Å². The molecule has 18 heavy (non-hydrogen) atoms. The first-order chi connectivity index (χ1) is 8.56. The lowest BCUT2D eigenvalue weighted by atomic mass is 10.3. The molecule has 0 saturated carbocycles. The third kappa shape index (κ3) is 2.78. The normalized spacial score (nSPS) is 11.0. The molecule has 2 rings (SSSR count). The lowest BCUT2D eigenvalue weighted by Crippen LogP contribution is -1.86. The van der Waals surface area contributed by atoms with Crippen LogP contribution in [0.3, 0.4) is 0 Å². The Morgan fingerprint density at radius 3 is 2.83 bits per heavy atom. The first-order valence-corrected chi connectivity index (χ1v) is 5.59. The predicted molar refractivity (Wildman–Crippen MR) is 71.0 cm³/mol. The number of aryl methyl sites for hydroxylation is 1. The fourth-order valence-corrected chi connectivity index (χ4v) is 1.71. The molecule has 0 aliphatic rings. The van der Waals surface area contributed by atoms with Gasteiger partial charge >= 0.3 is 0 Å². The third-order valence-corrected chi connectivity index (χ3v) is 2.61. The van der Waals surface area contributed by atoms with Gasteiger partial charge in [0.05, 0.1) is 10.6 Å². The molecule has 0 spiro atoms. The van der Waals surface area contributed by atoms with E-state index >= 15 is 0 Å². The van der Waals surface area contributed by atoms with Crippen LogP contribution in [0.25, 0.3) is 0 Å². The van der Waals surface area contributed by atoms with Gasteiger partial charge in [0.1, 0.15) is 5.76 Å². The topological polar surface area (TPSA) is 68.6 Å². The summed E-state index contributed by atoms with van der Waals surface area (Å²) in [5.74, 6) is 0.737. The molecule has 0 N–H and O–H groups in total. The van der Waals surface area contributed by atoms with Crippen LogP contribution < -0.4 is 0 Å². The second-order valence-corrected chi connectivity index (χ2v) is 4.06. The Hall–Kier alpha value is -2.08. The average molecular weight is 262 g/mol. The number of nitro benzene ring substituents is 1. The SMILES string of the molecule is Cc1cc(C=Nc2cccc([N+](=O)[O-])c2)c(S)o1.